The predicted molar refractivity (Wildman–Crippen MR) is 76.2 cm³/mol. The highest BCUT2D eigenvalue weighted by Crippen LogP contribution is 2.19. The van der Waals surface area contributed by atoms with Crippen molar-refractivity contribution in [3.05, 3.63) is 11.6 Å². The normalized spacial score (nSPS) is 17.9. The van der Waals surface area contributed by atoms with Gasteiger partial charge >= 0.3 is 0 Å². The van der Waals surface area contributed by atoms with E-state index in [0.29, 0.717) is 6.04 Å². The molecule has 0 spiro atoms. The molecule has 1 unspecified atom stereocenters. The Bertz CT molecular complexity index is 211. The standard InChI is InChI=1S/C14H27NS/c1-12(2)10-16-11-13(3)15-9-8-14-6-4-5-7-14/h6,12-13,15H,4-5,7-11H2,1-3H3. The summed E-state index contributed by atoms with van der Waals surface area (Å²) in [5.41, 5.74) is 1.68. The van der Waals surface area contributed by atoms with Crippen molar-refractivity contribution in [3.63, 3.8) is 0 Å². The van der Waals surface area contributed by atoms with E-state index in [-0.39, 0.29) is 0 Å². The van der Waals surface area contributed by atoms with Crippen LogP contribution in [0.5, 0.6) is 0 Å². The largest absolute Gasteiger partial charge is 0.313 e. The van der Waals surface area contributed by atoms with E-state index in [9.17, 15) is 0 Å². The van der Waals surface area contributed by atoms with E-state index in [1.54, 1.807) is 5.57 Å². The molecular formula is C14H27NS. The highest BCUT2D eigenvalue weighted by atomic mass is 32.2. The van der Waals surface area contributed by atoms with E-state index in [1.807, 2.05) is 0 Å². The lowest BCUT2D eigenvalue weighted by Crippen LogP contribution is -2.29. The minimum absolute atomic E-state index is 0.658. The van der Waals surface area contributed by atoms with Gasteiger partial charge in [0.05, 0.1) is 0 Å². The molecule has 0 heterocycles. The van der Waals surface area contributed by atoms with Crippen molar-refractivity contribution in [1.82, 2.24) is 5.32 Å². The van der Waals surface area contributed by atoms with Gasteiger partial charge in [-0.05, 0) is 50.8 Å². The van der Waals surface area contributed by atoms with Crippen LogP contribution in [0.3, 0.4) is 0 Å². The summed E-state index contributed by atoms with van der Waals surface area (Å²) in [4.78, 5) is 0. The molecule has 0 amide bonds. The van der Waals surface area contributed by atoms with E-state index >= 15 is 0 Å². The fourth-order valence-corrected chi connectivity index (χ4v) is 3.06. The molecule has 0 aromatic rings. The first-order valence-electron chi connectivity index (χ1n) is 6.67. The summed E-state index contributed by atoms with van der Waals surface area (Å²) in [6.45, 7) is 8.04. The number of rotatable bonds is 8. The average molecular weight is 241 g/mol. The highest BCUT2D eigenvalue weighted by Gasteiger charge is 2.06. The van der Waals surface area contributed by atoms with E-state index in [4.69, 9.17) is 0 Å². The summed E-state index contributed by atoms with van der Waals surface area (Å²) in [6, 6.07) is 0.658. The number of nitrogens with one attached hydrogen (secondary N) is 1. The Morgan fingerprint density at radius 1 is 1.31 bits per heavy atom. The third-order valence-corrected chi connectivity index (χ3v) is 4.53. The van der Waals surface area contributed by atoms with Gasteiger partial charge < -0.3 is 5.32 Å². The van der Waals surface area contributed by atoms with Gasteiger partial charge in [0.25, 0.3) is 0 Å². The molecule has 0 fully saturated rings. The number of hydrogen-bond donors (Lipinski definition) is 1. The van der Waals surface area contributed by atoms with E-state index in [2.05, 4.69) is 43.9 Å². The highest BCUT2D eigenvalue weighted by molar-refractivity contribution is 7.99. The van der Waals surface area contributed by atoms with Crippen molar-refractivity contribution in [2.45, 2.75) is 52.5 Å². The van der Waals surface area contributed by atoms with Crippen molar-refractivity contribution in [2.75, 3.05) is 18.1 Å². The SMILES string of the molecule is CC(C)CSCC(C)NCCC1=CCCC1. The van der Waals surface area contributed by atoms with E-state index in [1.165, 1.54) is 37.2 Å². The van der Waals surface area contributed by atoms with Gasteiger partial charge in [-0.2, -0.15) is 11.8 Å². The van der Waals surface area contributed by atoms with Gasteiger partial charge in [0, 0.05) is 11.8 Å². The molecule has 0 bridgehead atoms. The maximum Gasteiger partial charge on any atom is 0.0130 e. The Morgan fingerprint density at radius 2 is 2.12 bits per heavy atom. The van der Waals surface area contributed by atoms with Crippen molar-refractivity contribution < 1.29 is 0 Å². The number of hydrogen-bond acceptors (Lipinski definition) is 2. The average Bonchev–Trinajstić information content (AvgIpc) is 2.70. The fourth-order valence-electron chi connectivity index (χ4n) is 1.98. The molecule has 0 saturated carbocycles. The van der Waals surface area contributed by atoms with Crippen LogP contribution in [0.1, 0.15) is 46.5 Å². The summed E-state index contributed by atoms with van der Waals surface area (Å²) in [5.74, 6) is 3.36. The quantitative estimate of drug-likeness (QED) is 0.648. The number of thioether (sulfide) groups is 1. The molecule has 94 valence electrons. The molecule has 1 aliphatic rings. The molecule has 16 heavy (non-hydrogen) atoms. The van der Waals surface area contributed by atoms with Crippen molar-refractivity contribution in [1.29, 1.82) is 0 Å². The molecule has 1 N–H and O–H groups in total. The van der Waals surface area contributed by atoms with Crippen LogP contribution < -0.4 is 5.32 Å². The van der Waals surface area contributed by atoms with Gasteiger partial charge in [-0.1, -0.05) is 25.5 Å². The second-order valence-electron chi connectivity index (χ2n) is 5.29. The lowest BCUT2D eigenvalue weighted by molar-refractivity contribution is 0.591. The molecule has 0 aliphatic heterocycles. The third kappa shape index (κ3) is 6.59. The summed E-state index contributed by atoms with van der Waals surface area (Å²) in [5, 5.41) is 3.62. The minimum atomic E-state index is 0.658. The molecule has 0 radical (unpaired) electrons. The predicted octanol–water partition coefficient (Wildman–Crippen LogP) is 3.85. The monoisotopic (exact) mass is 241 g/mol. The maximum absolute atomic E-state index is 3.62. The molecule has 1 nitrogen and oxygen atoms in total. The van der Waals surface area contributed by atoms with Crippen molar-refractivity contribution >= 4 is 11.8 Å². The van der Waals surface area contributed by atoms with E-state index in [0.717, 1.165) is 12.5 Å². The molecule has 0 aromatic heterocycles. The Kier molecular flexibility index (Phi) is 7.22. The second kappa shape index (κ2) is 8.19. The van der Waals surface area contributed by atoms with Crippen molar-refractivity contribution in [2.24, 2.45) is 5.92 Å². The summed E-state index contributed by atoms with van der Waals surface area (Å²) < 4.78 is 0. The zero-order valence-corrected chi connectivity index (χ0v) is 11.9. The van der Waals surface area contributed by atoms with Crippen LogP contribution in [-0.4, -0.2) is 24.1 Å². The van der Waals surface area contributed by atoms with Gasteiger partial charge in [-0.3, -0.25) is 0 Å². The van der Waals surface area contributed by atoms with Crippen LogP contribution >= 0.6 is 11.8 Å². The van der Waals surface area contributed by atoms with Crippen LogP contribution in [0.2, 0.25) is 0 Å². The minimum Gasteiger partial charge on any atom is -0.313 e. The molecule has 1 aliphatic carbocycles. The molecule has 0 saturated heterocycles. The van der Waals surface area contributed by atoms with Gasteiger partial charge in [0.15, 0.2) is 0 Å². The number of allylic oxidation sites excluding steroid dienone is 1. The Morgan fingerprint density at radius 3 is 2.75 bits per heavy atom. The second-order valence-corrected chi connectivity index (χ2v) is 6.37. The van der Waals surface area contributed by atoms with Gasteiger partial charge in [0.1, 0.15) is 0 Å². The summed E-state index contributed by atoms with van der Waals surface area (Å²) in [6.07, 6.45) is 7.74. The summed E-state index contributed by atoms with van der Waals surface area (Å²) >= 11 is 2.08. The smallest absolute Gasteiger partial charge is 0.0130 e. The van der Waals surface area contributed by atoms with E-state index < -0.39 is 0 Å². The Balaban J connectivity index is 1.95. The van der Waals surface area contributed by atoms with Crippen LogP contribution in [0.15, 0.2) is 11.6 Å². The lowest BCUT2D eigenvalue weighted by Gasteiger charge is -2.14. The van der Waals surface area contributed by atoms with Gasteiger partial charge in [-0.25, -0.2) is 0 Å². The van der Waals surface area contributed by atoms with Gasteiger partial charge in [0.2, 0.25) is 0 Å². The Labute approximate surface area is 105 Å². The molecule has 1 atom stereocenters. The first-order valence-corrected chi connectivity index (χ1v) is 7.83. The fraction of sp³-hybridized carbons (Fsp3) is 0.857. The first-order chi connectivity index (χ1) is 7.68. The third-order valence-electron chi connectivity index (χ3n) is 2.89. The first kappa shape index (κ1) is 14.1. The van der Waals surface area contributed by atoms with Gasteiger partial charge in [-0.15, -0.1) is 0 Å². The zero-order valence-electron chi connectivity index (χ0n) is 11.1. The van der Waals surface area contributed by atoms with Crippen LogP contribution in [0.25, 0.3) is 0 Å². The molecule has 2 heteroatoms. The van der Waals surface area contributed by atoms with Crippen LogP contribution in [-0.2, 0) is 0 Å². The Hall–Kier alpha value is 0.0500. The van der Waals surface area contributed by atoms with Crippen molar-refractivity contribution in [3.8, 4) is 0 Å². The lowest BCUT2D eigenvalue weighted by atomic mass is 10.1. The zero-order chi connectivity index (χ0) is 11.8. The molecule has 0 aromatic carbocycles. The van der Waals surface area contributed by atoms with Crippen LogP contribution in [0, 0.1) is 5.92 Å². The topological polar surface area (TPSA) is 12.0 Å². The maximum atomic E-state index is 3.62. The molecular weight excluding hydrogens is 214 g/mol. The molecule has 1 rings (SSSR count). The van der Waals surface area contributed by atoms with Crippen LogP contribution in [0.4, 0.5) is 0 Å². The summed E-state index contributed by atoms with van der Waals surface area (Å²) in [7, 11) is 0.